The molecule has 3 heterocycles. The molecule has 1 saturated heterocycles. The van der Waals surface area contributed by atoms with Crippen LogP contribution in [0, 0.1) is 19.7 Å². The molecule has 1 N–H and O–H groups in total. The van der Waals surface area contributed by atoms with Crippen molar-refractivity contribution in [3.63, 3.8) is 0 Å². The Hall–Kier alpha value is -3.00. The maximum absolute atomic E-state index is 13.8. The Morgan fingerprint density at radius 1 is 1.38 bits per heavy atom. The molecular formula is C24H29FN4O3. The number of rotatable bonds is 8. The van der Waals surface area contributed by atoms with Crippen LogP contribution < -0.4 is 10.1 Å². The lowest BCUT2D eigenvalue weighted by Gasteiger charge is -2.15. The zero-order chi connectivity index (χ0) is 22.7. The molecule has 7 nitrogen and oxygen atoms in total. The van der Waals surface area contributed by atoms with E-state index in [9.17, 15) is 9.18 Å². The first-order valence-corrected chi connectivity index (χ1v) is 11.1. The number of hydrogen-bond acceptors (Lipinski definition) is 5. The van der Waals surface area contributed by atoms with E-state index in [4.69, 9.17) is 14.5 Å². The fourth-order valence-electron chi connectivity index (χ4n) is 4.23. The molecule has 0 radical (unpaired) electrons. The highest BCUT2D eigenvalue weighted by atomic mass is 19.1. The van der Waals surface area contributed by atoms with Crippen LogP contribution in [0.3, 0.4) is 0 Å². The van der Waals surface area contributed by atoms with Gasteiger partial charge in [0.1, 0.15) is 5.82 Å². The summed E-state index contributed by atoms with van der Waals surface area (Å²) < 4.78 is 26.9. The second kappa shape index (κ2) is 9.65. The van der Waals surface area contributed by atoms with E-state index in [0.717, 1.165) is 41.7 Å². The first kappa shape index (κ1) is 22.2. The maximum atomic E-state index is 13.8. The van der Waals surface area contributed by atoms with Crippen LogP contribution in [0.4, 0.5) is 4.39 Å². The Balaban J connectivity index is 1.62. The minimum absolute atomic E-state index is 0.0189. The van der Waals surface area contributed by atoms with E-state index in [1.165, 1.54) is 12.1 Å². The highest BCUT2D eigenvalue weighted by molar-refractivity contribution is 5.86. The first-order chi connectivity index (χ1) is 15.5. The highest BCUT2D eigenvalue weighted by Gasteiger charge is 2.21. The summed E-state index contributed by atoms with van der Waals surface area (Å²) in [6.45, 7) is 7.57. The van der Waals surface area contributed by atoms with Crippen LogP contribution in [0.25, 0.3) is 16.7 Å². The van der Waals surface area contributed by atoms with Gasteiger partial charge < -0.3 is 14.8 Å². The summed E-state index contributed by atoms with van der Waals surface area (Å²) in [5.74, 6) is 0.132. The Labute approximate surface area is 186 Å². The number of fused-ring (bicyclic) bond motifs is 1. The normalized spacial score (nSPS) is 15.9. The minimum Gasteiger partial charge on any atom is -0.478 e. The Morgan fingerprint density at radius 2 is 2.22 bits per heavy atom. The largest absolute Gasteiger partial charge is 0.478 e. The number of carbonyl (C=O) groups is 1. The number of halogens is 1. The molecule has 3 aromatic rings. The molecule has 1 aromatic carbocycles. The van der Waals surface area contributed by atoms with Crippen molar-refractivity contribution < 1.29 is 18.7 Å². The molecule has 0 spiro atoms. The van der Waals surface area contributed by atoms with Crippen molar-refractivity contribution in [3.05, 3.63) is 46.9 Å². The topological polar surface area (TPSA) is 78.3 Å². The summed E-state index contributed by atoms with van der Waals surface area (Å²) in [5.41, 5.74) is 3.87. The van der Waals surface area contributed by atoms with E-state index >= 15 is 0 Å². The first-order valence-electron chi connectivity index (χ1n) is 11.1. The van der Waals surface area contributed by atoms with Gasteiger partial charge in [0.15, 0.2) is 5.65 Å². The van der Waals surface area contributed by atoms with E-state index in [-0.39, 0.29) is 17.8 Å². The lowest BCUT2D eigenvalue weighted by Crippen LogP contribution is -2.31. The van der Waals surface area contributed by atoms with E-state index in [2.05, 4.69) is 10.4 Å². The van der Waals surface area contributed by atoms with Gasteiger partial charge in [-0.05, 0) is 63.8 Å². The highest BCUT2D eigenvalue weighted by Crippen LogP contribution is 2.32. The van der Waals surface area contributed by atoms with Crippen LogP contribution in [0.5, 0.6) is 5.88 Å². The molecule has 1 unspecified atom stereocenters. The molecule has 170 valence electrons. The Bertz CT molecular complexity index is 1120. The number of hydrogen-bond donors (Lipinski definition) is 1. The van der Waals surface area contributed by atoms with Crippen LogP contribution >= 0.6 is 0 Å². The van der Waals surface area contributed by atoms with Gasteiger partial charge in [-0.3, -0.25) is 4.79 Å². The number of benzene rings is 1. The molecule has 1 aliphatic rings. The molecule has 1 aliphatic heterocycles. The van der Waals surface area contributed by atoms with E-state index in [1.54, 1.807) is 16.8 Å². The van der Waals surface area contributed by atoms with Crippen LogP contribution in [0.15, 0.2) is 24.3 Å². The van der Waals surface area contributed by atoms with Crippen molar-refractivity contribution in [3.8, 4) is 11.6 Å². The van der Waals surface area contributed by atoms with Gasteiger partial charge in [-0.2, -0.15) is 10.1 Å². The average molecular weight is 441 g/mol. The SMILES string of the molecule is CCOc1nc2c(c(C)nn2-c2cccc(F)c2)c(C)c1CCC(=O)NCC1CCCO1. The molecule has 1 amide bonds. The molecular weight excluding hydrogens is 411 g/mol. The number of amides is 1. The van der Waals surface area contributed by atoms with Gasteiger partial charge >= 0.3 is 0 Å². The smallest absolute Gasteiger partial charge is 0.220 e. The van der Waals surface area contributed by atoms with Crippen LogP contribution in [0.2, 0.25) is 0 Å². The molecule has 0 saturated carbocycles. The summed E-state index contributed by atoms with van der Waals surface area (Å²) in [4.78, 5) is 17.2. The second-order valence-corrected chi connectivity index (χ2v) is 8.07. The second-order valence-electron chi connectivity index (χ2n) is 8.07. The molecule has 1 atom stereocenters. The summed E-state index contributed by atoms with van der Waals surface area (Å²) >= 11 is 0. The number of nitrogens with zero attached hydrogens (tertiary/aromatic N) is 3. The van der Waals surface area contributed by atoms with Crippen molar-refractivity contribution in [1.82, 2.24) is 20.1 Å². The third kappa shape index (κ3) is 4.60. The zero-order valence-electron chi connectivity index (χ0n) is 18.8. The third-order valence-electron chi connectivity index (χ3n) is 5.82. The van der Waals surface area contributed by atoms with Crippen LogP contribution in [-0.4, -0.2) is 46.5 Å². The van der Waals surface area contributed by atoms with Crippen LogP contribution in [-0.2, 0) is 16.0 Å². The lowest BCUT2D eigenvalue weighted by molar-refractivity contribution is -0.121. The van der Waals surface area contributed by atoms with Crippen molar-refractivity contribution in [1.29, 1.82) is 0 Å². The minimum atomic E-state index is -0.337. The monoisotopic (exact) mass is 440 g/mol. The summed E-state index contributed by atoms with van der Waals surface area (Å²) in [5, 5.41) is 8.48. The van der Waals surface area contributed by atoms with E-state index < -0.39 is 0 Å². The quantitative estimate of drug-likeness (QED) is 0.576. The number of pyridine rings is 1. The van der Waals surface area contributed by atoms with Gasteiger partial charge in [0, 0.05) is 30.5 Å². The summed E-state index contributed by atoms with van der Waals surface area (Å²) in [7, 11) is 0. The Morgan fingerprint density at radius 3 is 2.94 bits per heavy atom. The van der Waals surface area contributed by atoms with Gasteiger partial charge in [0.2, 0.25) is 11.8 Å². The number of aromatic nitrogens is 3. The molecule has 1 fully saturated rings. The van der Waals surface area contributed by atoms with Gasteiger partial charge in [-0.15, -0.1) is 0 Å². The van der Waals surface area contributed by atoms with Crippen molar-refractivity contribution >= 4 is 16.9 Å². The number of carbonyl (C=O) groups excluding carboxylic acids is 1. The Kier molecular flexibility index (Phi) is 6.69. The third-order valence-corrected chi connectivity index (χ3v) is 5.82. The van der Waals surface area contributed by atoms with Crippen molar-refractivity contribution in [2.45, 2.75) is 52.6 Å². The summed E-state index contributed by atoms with van der Waals surface area (Å²) in [6.07, 6.45) is 2.99. The van der Waals surface area contributed by atoms with E-state index in [1.807, 2.05) is 20.8 Å². The van der Waals surface area contributed by atoms with E-state index in [0.29, 0.717) is 43.2 Å². The number of nitrogens with one attached hydrogen (secondary N) is 1. The molecule has 2 aromatic heterocycles. The van der Waals surface area contributed by atoms with Gasteiger partial charge in [0.25, 0.3) is 0 Å². The van der Waals surface area contributed by atoms with Gasteiger partial charge in [-0.25, -0.2) is 9.07 Å². The molecule has 4 rings (SSSR count). The average Bonchev–Trinajstić information content (AvgIpc) is 3.40. The lowest BCUT2D eigenvalue weighted by atomic mass is 10.0. The van der Waals surface area contributed by atoms with Crippen molar-refractivity contribution in [2.24, 2.45) is 0 Å². The molecule has 0 aliphatic carbocycles. The molecule has 8 heteroatoms. The van der Waals surface area contributed by atoms with Crippen LogP contribution in [0.1, 0.15) is 43.0 Å². The van der Waals surface area contributed by atoms with Crippen molar-refractivity contribution in [2.75, 3.05) is 19.8 Å². The van der Waals surface area contributed by atoms with Gasteiger partial charge in [0.05, 0.1) is 24.1 Å². The molecule has 0 bridgehead atoms. The molecule has 32 heavy (non-hydrogen) atoms. The predicted octanol–water partition coefficient (Wildman–Crippen LogP) is 3.80. The van der Waals surface area contributed by atoms with Gasteiger partial charge in [-0.1, -0.05) is 6.07 Å². The number of ether oxygens (including phenoxy) is 2. The standard InChI is InChI=1S/C24H29FN4O3/c1-4-31-24-20(10-11-21(30)26-14-19-9-6-12-32-19)15(2)22-16(3)28-29(23(22)27-24)18-8-5-7-17(25)13-18/h5,7-8,13,19H,4,6,9-12,14H2,1-3H3,(H,26,30). The zero-order valence-corrected chi connectivity index (χ0v) is 18.8. The fourth-order valence-corrected chi connectivity index (χ4v) is 4.23. The fraction of sp³-hybridized carbons (Fsp3) is 0.458. The predicted molar refractivity (Wildman–Crippen MR) is 120 cm³/mol. The maximum Gasteiger partial charge on any atom is 0.220 e. The number of aryl methyl sites for hydroxylation is 2. The summed E-state index contributed by atoms with van der Waals surface area (Å²) in [6, 6.07) is 6.26.